The third-order valence-corrected chi connectivity index (χ3v) is 4.36. The van der Waals surface area contributed by atoms with Crippen molar-refractivity contribution in [2.45, 2.75) is 44.1 Å². The van der Waals surface area contributed by atoms with Crippen LogP contribution in [0.25, 0.3) is 0 Å². The van der Waals surface area contributed by atoms with Crippen molar-refractivity contribution in [1.29, 1.82) is 0 Å². The Bertz CT molecular complexity index is 433. The van der Waals surface area contributed by atoms with E-state index in [1.165, 1.54) is 11.3 Å². The van der Waals surface area contributed by atoms with Gasteiger partial charge < -0.3 is 9.84 Å². The van der Waals surface area contributed by atoms with Gasteiger partial charge in [-0.05, 0) is 25.7 Å². The number of thiazole rings is 1. The highest BCUT2D eigenvalue weighted by molar-refractivity contribution is 7.13. The molecule has 0 amide bonds. The molecule has 1 saturated carbocycles. The van der Waals surface area contributed by atoms with Gasteiger partial charge in [-0.2, -0.15) is 0 Å². The van der Waals surface area contributed by atoms with E-state index < -0.39 is 5.97 Å². The molecule has 3 rings (SSSR count). The second kappa shape index (κ2) is 4.38. The minimum absolute atomic E-state index is 0.245. The lowest BCUT2D eigenvalue weighted by atomic mass is 10.2. The average molecular weight is 253 g/mol. The Balaban J connectivity index is 1.79. The first-order valence-electron chi connectivity index (χ1n) is 6.08. The lowest BCUT2D eigenvalue weighted by Crippen LogP contribution is -2.08. The summed E-state index contributed by atoms with van der Waals surface area (Å²) in [7, 11) is 0. The first-order chi connectivity index (χ1) is 8.24. The maximum absolute atomic E-state index is 11.1. The predicted octanol–water partition coefficient (Wildman–Crippen LogP) is 2.44. The summed E-state index contributed by atoms with van der Waals surface area (Å²) in [6.07, 6.45) is 5.37. The van der Waals surface area contributed by atoms with E-state index in [1.807, 2.05) is 0 Å². The van der Waals surface area contributed by atoms with E-state index in [2.05, 4.69) is 4.98 Å². The number of hydrogen-bond acceptors (Lipinski definition) is 4. The highest BCUT2D eigenvalue weighted by Gasteiger charge is 2.32. The van der Waals surface area contributed by atoms with Crippen LogP contribution in [-0.2, 0) is 11.2 Å². The first-order valence-corrected chi connectivity index (χ1v) is 6.90. The zero-order valence-corrected chi connectivity index (χ0v) is 10.3. The molecule has 2 fully saturated rings. The average Bonchev–Trinajstić information content (AvgIpc) is 2.86. The van der Waals surface area contributed by atoms with Crippen LogP contribution in [0, 0.1) is 0 Å². The van der Waals surface area contributed by atoms with E-state index in [9.17, 15) is 4.79 Å². The summed E-state index contributed by atoms with van der Waals surface area (Å²) < 4.78 is 5.56. The van der Waals surface area contributed by atoms with Gasteiger partial charge in [0.25, 0.3) is 0 Å². The van der Waals surface area contributed by atoms with E-state index in [0.717, 1.165) is 49.4 Å². The van der Waals surface area contributed by atoms with Crippen molar-refractivity contribution in [2.24, 2.45) is 0 Å². The van der Waals surface area contributed by atoms with Gasteiger partial charge in [0.2, 0.25) is 0 Å². The quantitative estimate of drug-likeness (QED) is 0.895. The molecule has 1 aromatic heterocycles. The Kier molecular flexibility index (Phi) is 2.88. The van der Waals surface area contributed by atoms with Gasteiger partial charge in [0.1, 0.15) is 4.88 Å². The Morgan fingerprint density at radius 1 is 1.47 bits per heavy atom. The summed E-state index contributed by atoms with van der Waals surface area (Å²) in [5, 5.41) is 10.1. The molecule has 2 heterocycles. The van der Waals surface area contributed by atoms with Crippen molar-refractivity contribution in [3.8, 4) is 0 Å². The molecule has 0 radical (unpaired) electrons. The summed E-state index contributed by atoms with van der Waals surface area (Å²) in [5.74, 6) is -0.432. The van der Waals surface area contributed by atoms with Crippen molar-refractivity contribution in [3.05, 3.63) is 15.6 Å². The fourth-order valence-electron chi connectivity index (χ4n) is 2.25. The Labute approximate surface area is 104 Å². The van der Waals surface area contributed by atoms with Crippen LogP contribution >= 0.6 is 11.3 Å². The summed E-state index contributed by atoms with van der Waals surface area (Å²) in [4.78, 5) is 16.1. The van der Waals surface area contributed by atoms with Crippen LogP contribution in [-0.4, -0.2) is 28.8 Å². The van der Waals surface area contributed by atoms with Crippen LogP contribution in [0.1, 0.15) is 52.0 Å². The molecule has 2 aliphatic rings. The van der Waals surface area contributed by atoms with Crippen LogP contribution in [0.5, 0.6) is 0 Å². The molecular formula is C12H15NO3S. The minimum atomic E-state index is -0.831. The van der Waals surface area contributed by atoms with E-state index in [-0.39, 0.29) is 6.10 Å². The van der Waals surface area contributed by atoms with Gasteiger partial charge in [0.05, 0.1) is 16.8 Å². The number of aromatic carboxylic acids is 1. The number of ether oxygens (including phenoxy) is 1. The number of carboxylic acid groups (broad SMARTS) is 1. The summed E-state index contributed by atoms with van der Waals surface area (Å²) in [5.41, 5.74) is 0.815. The van der Waals surface area contributed by atoms with Crippen LogP contribution in [0.2, 0.25) is 0 Å². The Morgan fingerprint density at radius 2 is 2.29 bits per heavy atom. The molecule has 1 unspecified atom stereocenters. The fraction of sp³-hybridized carbons (Fsp3) is 0.667. The highest BCUT2D eigenvalue weighted by Crippen LogP contribution is 2.42. The standard InChI is InChI=1S/C12H15NO3S/c14-12(15)11-10(7-3-4-7)13-9(17-11)6-8-2-1-5-16-8/h7-8H,1-6H2,(H,14,15). The van der Waals surface area contributed by atoms with Gasteiger partial charge in [-0.3, -0.25) is 0 Å². The second-order valence-corrected chi connectivity index (χ2v) is 5.82. The van der Waals surface area contributed by atoms with E-state index >= 15 is 0 Å². The molecular weight excluding hydrogens is 238 g/mol. The summed E-state index contributed by atoms with van der Waals surface area (Å²) in [6, 6.07) is 0. The number of hydrogen-bond donors (Lipinski definition) is 1. The predicted molar refractivity (Wildman–Crippen MR) is 63.7 cm³/mol. The molecule has 0 aromatic carbocycles. The molecule has 1 aliphatic carbocycles. The topological polar surface area (TPSA) is 59.4 Å². The number of nitrogens with zero attached hydrogens (tertiary/aromatic N) is 1. The van der Waals surface area contributed by atoms with Crippen LogP contribution in [0.4, 0.5) is 0 Å². The second-order valence-electron chi connectivity index (χ2n) is 4.74. The van der Waals surface area contributed by atoms with Crippen LogP contribution in [0.15, 0.2) is 0 Å². The number of carboxylic acids is 1. The maximum atomic E-state index is 11.1. The molecule has 1 saturated heterocycles. The van der Waals surface area contributed by atoms with Gasteiger partial charge in [-0.25, -0.2) is 9.78 Å². The van der Waals surface area contributed by atoms with Gasteiger partial charge in [-0.15, -0.1) is 11.3 Å². The Hall–Kier alpha value is -0.940. The molecule has 1 aliphatic heterocycles. The Morgan fingerprint density at radius 3 is 2.88 bits per heavy atom. The molecule has 92 valence electrons. The SMILES string of the molecule is O=C(O)c1sc(CC2CCCO2)nc1C1CC1. The third-order valence-electron chi connectivity index (χ3n) is 3.28. The van der Waals surface area contributed by atoms with Crippen molar-refractivity contribution in [1.82, 2.24) is 4.98 Å². The number of aromatic nitrogens is 1. The highest BCUT2D eigenvalue weighted by atomic mass is 32.1. The normalized spacial score (nSPS) is 24.1. The van der Waals surface area contributed by atoms with Crippen molar-refractivity contribution in [3.63, 3.8) is 0 Å². The molecule has 4 nitrogen and oxygen atoms in total. The van der Waals surface area contributed by atoms with E-state index in [4.69, 9.17) is 9.84 Å². The lowest BCUT2D eigenvalue weighted by molar-refractivity contribution is 0.0700. The van der Waals surface area contributed by atoms with Gasteiger partial charge in [0, 0.05) is 18.9 Å². The fourth-order valence-corrected chi connectivity index (χ4v) is 3.31. The maximum Gasteiger partial charge on any atom is 0.347 e. The summed E-state index contributed by atoms with van der Waals surface area (Å²) >= 11 is 1.33. The van der Waals surface area contributed by atoms with Gasteiger partial charge in [0.15, 0.2) is 0 Å². The van der Waals surface area contributed by atoms with Crippen molar-refractivity contribution >= 4 is 17.3 Å². The zero-order valence-electron chi connectivity index (χ0n) is 9.52. The molecule has 0 bridgehead atoms. The van der Waals surface area contributed by atoms with Crippen molar-refractivity contribution in [2.75, 3.05) is 6.61 Å². The number of rotatable bonds is 4. The van der Waals surface area contributed by atoms with Crippen LogP contribution < -0.4 is 0 Å². The lowest BCUT2D eigenvalue weighted by Gasteiger charge is -2.05. The van der Waals surface area contributed by atoms with Gasteiger partial charge >= 0.3 is 5.97 Å². The minimum Gasteiger partial charge on any atom is -0.477 e. The smallest absolute Gasteiger partial charge is 0.347 e. The molecule has 1 aromatic rings. The molecule has 17 heavy (non-hydrogen) atoms. The van der Waals surface area contributed by atoms with Crippen molar-refractivity contribution < 1.29 is 14.6 Å². The molecule has 1 N–H and O–H groups in total. The number of carbonyl (C=O) groups is 1. The largest absolute Gasteiger partial charge is 0.477 e. The van der Waals surface area contributed by atoms with Crippen LogP contribution in [0.3, 0.4) is 0 Å². The third kappa shape index (κ3) is 2.35. The van der Waals surface area contributed by atoms with E-state index in [0.29, 0.717) is 10.8 Å². The zero-order chi connectivity index (χ0) is 11.8. The van der Waals surface area contributed by atoms with E-state index in [1.54, 1.807) is 0 Å². The molecule has 5 heteroatoms. The monoisotopic (exact) mass is 253 g/mol. The summed E-state index contributed by atoms with van der Waals surface area (Å²) in [6.45, 7) is 0.831. The molecule has 1 atom stereocenters. The first kappa shape index (κ1) is 11.2. The molecule has 0 spiro atoms. The van der Waals surface area contributed by atoms with Gasteiger partial charge in [-0.1, -0.05) is 0 Å².